The van der Waals surface area contributed by atoms with Gasteiger partial charge in [-0.15, -0.1) is 0 Å². The Balaban J connectivity index is 2.05. The highest BCUT2D eigenvalue weighted by Crippen LogP contribution is 2.29. The van der Waals surface area contributed by atoms with Crippen LogP contribution in [0.4, 0.5) is 4.39 Å². The molecule has 0 amide bonds. The Morgan fingerprint density at radius 3 is 3.00 bits per heavy atom. The van der Waals surface area contributed by atoms with Gasteiger partial charge < -0.3 is 5.73 Å². The Bertz CT molecular complexity index is 423. The van der Waals surface area contributed by atoms with Crippen molar-refractivity contribution in [3.63, 3.8) is 0 Å². The van der Waals surface area contributed by atoms with Crippen LogP contribution in [0.1, 0.15) is 37.8 Å². The second-order valence-electron chi connectivity index (χ2n) is 5.43. The molecule has 0 saturated carbocycles. The van der Waals surface area contributed by atoms with Crippen LogP contribution in [-0.2, 0) is 0 Å². The van der Waals surface area contributed by atoms with E-state index >= 15 is 0 Å². The van der Waals surface area contributed by atoms with Gasteiger partial charge in [0.15, 0.2) is 0 Å². The lowest BCUT2D eigenvalue weighted by atomic mass is 9.93. The quantitative estimate of drug-likeness (QED) is 0.915. The summed E-state index contributed by atoms with van der Waals surface area (Å²) >= 11 is 5.87. The molecule has 1 aromatic rings. The van der Waals surface area contributed by atoms with Crippen molar-refractivity contribution >= 4 is 11.6 Å². The molecule has 0 spiro atoms. The van der Waals surface area contributed by atoms with Crippen molar-refractivity contribution in [2.45, 2.75) is 32.2 Å². The van der Waals surface area contributed by atoms with Gasteiger partial charge in [0.25, 0.3) is 0 Å². The molecule has 4 heteroatoms. The minimum atomic E-state index is -0.350. The van der Waals surface area contributed by atoms with Crippen molar-refractivity contribution in [2.75, 3.05) is 19.6 Å². The van der Waals surface area contributed by atoms with Gasteiger partial charge in [0.2, 0.25) is 0 Å². The van der Waals surface area contributed by atoms with Crippen LogP contribution in [0, 0.1) is 11.7 Å². The number of likely N-dealkylation sites (tertiary alicyclic amines) is 1. The van der Waals surface area contributed by atoms with Crippen molar-refractivity contribution in [3.05, 3.63) is 34.6 Å². The molecule has 1 aliphatic heterocycles. The van der Waals surface area contributed by atoms with Crippen molar-refractivity contribution in [2.24, 2.45) is 11.7 Å². The fraction of sp³-hybridized carbons (Fsp3) is 0.600. The number of hydrogen-bond donors (Lipinski definition) is 1. The summed E-state index contributed by atoms with van der Waals surface area (Å²) in [4.78, 5) is 2.45. The van der Waals surface area contributed by atoms with Crippen molar-refractivity contribution in [3.8, 4) is 0 Å². The Morgan fingerprint density at radius 2 is 2.32 bits per heavy atom. The van der Waals surface area contributed by atoms with E-state index in [1.165, 1.54) is 18.9 Å². The van der Waals surface area contributed by atoms with Crippen LogP contribution in [0.3, 0.4) is 0 Å². The van der Waals surface area contributed by atoms with E-state index in [9.17, 15) is 4.39 Å². The number of rotatable bonds is 4. The molecule has 2 rings (SSSR count). The molecule has 19 heavy (non-hydrogen) atoms. The fourth-order valence-electron chi connectivity index (χ4n) is 2.90. The fourth-order valence-corrected chi connectivity index (χ4v) is 3.09. The topological polar surface area (TPSA) is 29.3 Å². The summed E-state index contributed by atoms with van der Waals surface area (Å²) in [5.74, 6) is 0.342. The molecule has 0 radical (unpaired) electrons. The molecule has 2 atom stereocenters. The molecule has 1 fully saturated rings. The molecule has 0 aliphatic carbocycles. The van der Waals surface area contributed by atoms with E-state index < -0.39 is 0 Å². The molecule has 1 aliphatic rings. The van der Waals surface area contributed by atoms with Crippen molar-refractivity contribution < 1.29 is 4.39 Å². The second-order valence-corrected chi connectivity index (χ2v) is 5.84. The van der Waals surface area contributed by atoms with Gasteiger partial charge in [0.1, 0.15) is 5.82 Å². The number of halogens is 2. The Kier molecular flexibility index (Phi) is 5.20. The zero-order valence-electron chi connectivity index (χ0n) is 11.4. The first-order valence-electron chi connectivity index (χ1n) is 7.01. The van der Waals surface area contributed by atoms with E-state index in [2.05, 4.69) is 11.8 Å². The highest BCUT2D eigenvalue weighted by atomic mass is 35.5. The van der Waals surface area contributed by atoms with Gasteiger partial charge >= 0.3 is 0 Å². The number of piperidine rings is 1. The van der Waals surface area contributed by atoms with Gasteiger partial charge in [0.05, 0.1) is 5.02 Å². The van der Waals surface area contributed by atoms with Crippen LogP contribution in [0.15, 0.2) is 18.2 Å². The second kappa shape index (κ2) is 6.69. The summed E-state index contributed by atoms with van der Waals surface area (Å²) in [5.41, 5.74) is 6.73. The zero-order valence-corrected chi connectivity index (χ0v) is 12.2. The molecule has 2 nitrogen and oxygen atoms in total. The van der Waals surface area contributed by atoms with Crippen LogP contribution in [0.25, 0.3) is 0 Å². The molecular formula is C15H22ClFN2. The van der Waals surface area contributed by atoms with Gasteiger partial charge in [0, 0.05) is 12.6 Å². The molecule has 0 bridgehead atoms. The van der Waals surface area contributed by atoms with Crippen LogP contribution >= 0.6 is 11.6 Å². The molecule has 0 aromatic heterocycles. The van der Waals surface area contributed by atoms with Gasteiger partial charge in [-0.1, -0.05) is 17.7 Å². The number of benzene rings is 1. The molecular weight excluding hydrogens is 263 g/mol. The maximum atomic E-state index is 13.2. The first-order valence-corrected chi connectivity index (χ1v) is 7.38. The number of nitrogens with zero attached hydrogens (tertiary/aromatic N) is 1. The maximum absolute atomic E-state index is 13.2. The first-order chi connectivity index (χ1) is 9.11. The van der Waals surface area contributed by atoms with E-state index in [1.54, 1.807) is 6.07 Å². The van der Waals surface area contributed by atoms with E-state index in [1.807, 2.05) is 6.07 Å². The largest absolute Gasteiger partial charge is 0.330 e. The van der Waals surface area contributed by atoms with Crippen LogP contribution in [0.2, 0.25) is 5.02 Å². The summed E-state index contributed by atoms with van der Waals surface area (Å²) in [6, 6.07) is 5.31. The van der Waals surface area contributed by atoms with E-state index in [4.69, 9.17) is 17.3 Å². The van der Waals surface area contributed by atoms with Gasteiger partial charge in [-0.2, -0.15) is 0 Å². The SMILES string of the molecule is CC(c1ccc(F)c(Cl)c1)N1CCCC(CCN)C1. The molecule has 106 valence electrons. The molecule has 2 unspecified atom stereocenters. The lowest BCUT2D eigenvalue weighted by molar-refractivity contribution is 0.128. The summed E-state index contributed by atoms with van der Waals surface area (Å²) < 4.78 is 13.2. The van der Waals surface area contributed by atoms with Crippen LogP contribution in [0.5, 0.6) is 0 Å². The van der Waals surface area contributed by atoms with E-state index in [0.29, 0.717) is 5.92 Å². The Hall–Kier alpha value is -0.640. The van der Waals surface area contributed by atoms with Crippen LogP contribution < -0.4 is 5.73 Å². The third-order valence-electron chi connectivity index (χ3n) is 4.10. The third-order valence-corrected chi connectivity index (χ3v) is 4.39. The van der Waals surface area contributed by atoms with Gasteiger partial charge in [-0.25, -0.2) is 4.39 Å². The normalized spacial score (nSPS) is 22.4. The highest BCUT2D eigenvalue weighted by Gasteiger charge is 2.24. The Labute approximate surface area is 119 Å². The Morgan fingerprint density at radius 1 is 1.53 bits per heavy atom. The lowest BCUT2D eigenvalue weighted by Gasteiger charge is -2.37. The zero-order chi connectivity index (χ0) is 13.8. The minimum Gasteiger partial charge on any atom is -0.330 e. The van der Waals surface area contributed by atoms with Gasteiger partial charge in [-0.05, 0) is 62.9 Å². The van der Waals surface area contributed by atoms with E-state index in [-0.39, 0.29) is 16.9 Å². The first kappa shape index (κ1) is 14.8. The maximum Gasteiger partial charge on any atom is 0.141 e. The van der Waals surface area contributed by atoms with Gasteiger partial charge in [-0.3, -0.25) is 4.90 Å². The summed E-state index contributed by atoms with van der Waals surface area (Å²) in [6.45, 7) is 5.09. The predicted molar refractivity (Wildman–Crippen MR) is 77.8 cm³/mol. The summed E-state index contributed by atoms with van der Waals surface area (Å²) in [5, 5.41) is 0.208. The summed E-state index contributed by atoms with van der Waals surface area (Å²) in [6.07, 6.45) is 3.57. The molecule has 1 heterocycles. The average molecular weight is 285 g/mol. The van der Waals surface area contributed by atoms with Crippen molar-refractivity contribution in [1.29, 1.82) is 0 Å². The average Bonchev–Trinajstić information content (AvgIpc) is 2.42. The number of hydrogen-bond acceptors (Lipinski definition) is 2. The lowest BCUT2D eigenvalue weighted by Crippen LogP contribution is -2.37. The standard InChI is InChI=1S/C15H22ClFN2/c1-11(13-4-5-15(17)14(16)9-13)19-8-2-3-12(10-19)6-7-18/h4-5,9,11-12H,2-3,6-8,10,18H2,1H3. The molecule has 1 aromatic carbocycles. The smallest absolute Gasteiger partial charge is 0.141 e. The number of nitrogens with two attached hydrogens (primary N) is 1. The minimum absolute atomic E-state index is 0.208. The van der Waals surface area contributed by atoms with Crippen molar-refractivity contribution in [1.82, 2.24) is 4.90 Å². The van der Waals surface area contributed by atoms with Crippen LogP contribution in [-0.4, -0.2) is 24.5 Å². The molecule has 1 saturated heterocycles. The highest BCUT2D eigenvalue weighted by molar-refractivity contribution is 6.30. The monoisotopic (exact) mass is 284 g/mol. The summed E-state index contributed by atoms with van der Waals surface area (Å²) in [7, 11) is 0. The predicted octanol–water partition coefficient (Wildman–Crippen LogP) is 3.60. The van der Waals surface area contributed by atoms with E-state index in [0.717, 1.165) is 31.6 Å². The molecule has 2 N–H and O–H groups in total. The third kappa shape index (κ3) is 3.68.